The van der Waals surface area contributed by atoms with Crippen LogP contribution in [0.25, 0.3) is 11.3 Å². The molecule has 6 rings (SSSR count). The van der Waals surface area contributed by atoms with Crippen molar-refractivity contribution in [3.63, 3.8) is 0 Å². The number of nitrogens with one attached hydrogen (secondary N) is 1. The zero-order valence-corrected chi connectivity index (χ0v) is 28.9. The molecule has 2 aliphatic heterocycles. The van der Waals surface area contributed by atoms with Crippen molar-refractivity contribution in [3.8, 4) is 28.5 Å². The second-order valence-electron chi connectivity index (χ2n) is 13.8. The smallest absolute Gasteiger partial charge is 0.239 e. The van der Waals surface area contributed by atoms with E-state index in [1.54, 1.807) is 18.3 Å². The molecule has 1 unspecified atom stereocenters. The maximum absolute atomic E-state index is 12.7. The standard InChI is InChI=1S/C36H46N6O4Si/c1-40-14-16-41(17-15-40)24-35(43)39-34-22-31(12-13-37-34)46-30-10-11-33-28(21-30)20-29(25-45-33)36-38-32(27-8-6-5-7-9-27)23-42(36)26-44-18-19-47(2,3)4/h5-13,21-23,29H,14-20,24-26H2,1-4H3,(H,37,39,43). The summed E-state index contributed by atoms with van der Waals surface area (Å²) in [6, 6.07) is 20.8. The molecule has 2 aliphatic rings. The van der Waals surface area contributed by atoms with Crippen LogP contribution in [0.2, 0.25) is 25.7 Å². The van der Waals surface area contributed by atoms with Gasteiger partial charge >= 0.3 is 0 Å². The number of hydrogen-bond acceptors (Lipinski definition) is 8. The highest BCUT2D eigenvalue weighted by atomic mass is 28.3. The van der Waals surface area contributed by atoms with Gasteiger partial charge in [-0.2, -0.15) is 0 Å². The quantitative estimate of drug-likeness (QED) is 0.148. The van der Waals surface area contributed by atoms with Gasteiger partial charge in [0.25, 0.3) is 0 Å². The van der Waals surface area contributed by atoms with Crippen LogP contribution < -0.4 is 14.8 Å². The summed E-state index contributed by atoms with van der Waals surface area (Å²) in [6.07, 6.45) is 4.50. The molecular formula is C36H46N6O4Si. The number of carbonyl (C=O) groups excluding carboxylic acids is 1. The lowest BCUT2D eigenvalue weighted by molar-refractivity contribution is -0.117. The Hall–Kier alpha value is -4.03. The number of benzene rings is 2. The zero-order chi connectivity index (χ0) is 32.8. The van der Waals surface area contributed by atoms with Crippen LogP contribution >= 0.6 is 0 Å². The molecule has 4 heterocycles. The number of ether oxygens (including phenoxy) is 3. The van der Waals surface area contributed by atoms with Crippen LogP contribution in [-0.4, -0.2) is 91.3 Å². The summed E-state index contributed by atoms with van der Waals surface area (Å²) in [5.41, 5.74) is 3.07. The van der Waals surface area contributed by atoms with Gasteiger partial charge < -0.3 is 29.0 Å². The number of amides is 1. The fourth-order valence-corrected chi connectivity index (χ4v) is 6.58. The molecular weight excluding hydrogens is 609 g/mol. The van der Waals surface area contributed by atoms with Crippen molar-refractivity contribution in [2.24, 2.45) is 0 Å². The number of pyridine rings is 1. The van der Waals surface area contributed by atoms with Gasteiger partial charge in [0.2, 0.25) is 5.91 Å². The average molecular weight is 655 g/mol. The van der Waals surface area contributed by atoms with E-state index in [0.29, 0.717) is 37.2 Å². The zero-order valence-electron chi connectivity index (χ0n) is 27.9. The number of likely N-dealkylation sites (N-methyl/N-ethyl adjacent to an activating group) is 1. The van der Waals surface area contributed by atoms with Crippen molar-refractivity contribution in [3.05, 3.63) is 84.4 Å². The first kappa shape index (κ1) is 32.9. The van der Waals surface area contributed by atoms with Crippen LogP contribution in [0, 0.1) is 0 Å². The number of hydrogen-bond donors (Lipinski definition) is 1. The Bertz CT molecular complexity index is 1650. The van der Waals surface area contributed by atoms with Crippen LogP contribution in [0.3, 0.4) is 0 Å². The second-order valence-corrected chi connectivity index (χ2v) is 19.4. The van der Waals surface area contributed by atoms with Gasteiger partial charge in [-0.05, 0) is 49.3 Å². The maximum Gasteiger partial charge on any atom is 0.239 e. The van der Waals surface area contributed by atoms with Crippen LogP contribution in [0.4, 0.5) is 5.82 Å². The lowest BCUT2D eigenvalue weighted by Crippen LogP contribution is -2.47. The Labute approximate surface area is 278 Å². The van der Waals surface area contributed by atoms with Gasteiger partial charge in [-0.25, -0.2) is 9.97 Å². The van der Waals surface area contributed by atoms with Gasteiger partial charge in [0.05, 0.1) is 24.8 Å². The first-order valence-corrected chi connectivity index (χ1v) is 20.2. The van der Waals surface area contributed by atoms with E-state index in [1.807, 2.05) is 36.4 Å². The van der Waals surface area contributed by atoms with E-state index in [4.69, 9.17) is 19.2 Å². The minimum Gasteiger partial charge on any atom is -0.493 e. The van der Waals surface area contributed by atoms with Crippen molar-refractivity contribution in [1.82, 2.24) is 24.3 Å². The van der Waals surface area contributed by atoms with Gasteiger partial charge in [-0.15, -0.1) is 0 Å². The van der Waals surface area contributed by atoms with Crippen LogP contribution in [-0.2, 0) is 22.7 Å². The first-order chi connectivity index (χ1) is 22.7. The number of anilines is 1. The van der Waals surface area contributed by atoms with Crippen molar-refractivity contribution < 1.29 is 19.0 Å². The molecule has 0 saturated carbocycles. The van der Waals surface area contributed by atoms with E-state index in [0.717, 1.165) is 73.6 Å². The summed E-state index contributed by atoms with van der Waals surface area (Å²) >= 11 is 0. The third kappa shape index (κ3) is 9.07. The van der Waals surface area contributed by atoms with E-state index in [1.165, 1.54) is 0 Å². The van der Waals surface area contributed by atoms with E-state index < -0.39 is 8.07 Å². The molecule has 1 atom stereocenters. The molecule has 1 amide bonds. The predicted octanol–water partition coefficient (Wildman–Crippen LogP) is 5.95. The lowest BCUT2D eigenvalue weighted by Gasteiger charge is -2.31. The van der Waals surface area contributed by atoms with E-state index in [2.05, 4.69) is 69.7 Å². The highest BCUT2D eigenvalue weighted by molar-refractivity contribution is 6.76. The molecule has 11 heteroatoms. The SMILES string of the molecule is CN1CCN(CC(=O)Nc2cc(Oc3ccc4c(c3)CC(c3nc(-c5ccccc5)cn3COCC[Si](C)(C)C)CO4)ccn2)CC1. The molecule has 2 aromatic carbocycles. The third-order valence-corrected chi connectivity index (χ3v) is 10.3. The number of nitrogens with zero attached hydrogens (tertiary/aromatic N) is 5. The number of imidazole rings is 1. The summed E-state index contributed by atoms with van der Waals surface area (Å²) in [5, 5.41) is 2.92. The summed E-state index contributed by atoms with van der Waals surface area (Å²) in [4.78, 5) is 26.6. The Morgan fingerprint density at radius 2 is 1.81 bits per heavy atom. The van der Waals surface area contributed by atoms with Crippen molar-refractivity contribution in [2.75, 3.05) is 58.3 Å². The molecule has 4 aromatic rings. The third-order valence-electron chi connectivity index (χ3n) is 8.60. The van der Waals surface area contributed by atoms with Gasteiger partial charge in [0, 0.05) is 64.9 Å². The number of carbonyl (C=O) groups is 1. The molecule has 47 heavy (non-hydrogen) atoms. The monoisotopic (exact) mass is 654 g/mol. The first-order valence-electron chi connectivity index (χ1n) is 16.5. The molecule has 0 spiro atoms. The lowest BCUT2D eigenvalue weighted by atomic mass is 9.96. The van der Waals surface area contributed by atoms with Crippen LogP contribution in [0.1, 0.15) is 17.3 Å². The van der Waals surface area contributed by atoms with Gasteiger partial charge in [0.15, 0.2) is 0 Å². The topological polar surface area (TPSA) is 94.0 Å². The molecule has 248 valence electrons. The van der Waals surface area contributed by atoms with E-state index in [9.17, 15) is 4.79 Å². The number of aromatic nitrogens is 3. The van der Waals surface area contributed by atoms with Gasteiger partial charge in [-0.3, -0.25) is 9.69 Å². The van der Waals surface area contributed by atoms with Crippen molar-refractivity contribution >= 4 is 19.8 Å². The number of piperazine rings is 1. The predicted molar refractivity (Wildman–Crippen MR) is 187 cm³/mol. The molecule has 0 bridgehead atoms. The van der Waals surface area contributed by atoms with Crippen molar-refractivity contribution in [2.45, 2.75) is 44.8 Å². The normalized spacial score (nSPS) is 17.1. The molecule has 0 radical (unpaired) electrons. The highest BCUT2D eigenvalue weighted by Gasteiger charge is 2.27. The minimum absolute atomic E-state index is 0.0545. The molecule has 1 saturated heterocycles. The van der Waals surface area contributed by atoms with E-state index in [-0.39, 0.29) is 11.8 Å². The van der Waals surface area contributed by atoms with Gasteiger partial charge in [-0.1, -0.05) is 50.0 Å². The highest BCUT2D eigenvalue weighted by Crippen LogP contribution is 2.36. The molecule has 0 aliphatic carbocycles. The Morgan fingerprint density at radius 1 is 1.02 bits per heavy atom. The Balaban J connectivity index is 1.13. The molecule has 10 nitrogen and oxygen atoms in total. The summed E-state index contributed by atoms with van der Waals surface area (Å²) in [6.45, 7) is 12.9. The van der Waals surface area contributed by atoms with E-state index >= 15 is 0 Å². The second kappa shape index (κ2) is 14.8. The minimum atomic E-state index is -1.19. The molecule has 1 N–H and O–H groups in total. The molecule has 2 aromatic heterocycles. The van der Waals surface area contributed by atoms with Crippen molar-refractivity contribution in [1.29, 1.82) is 0 Å². The maximum atomic E-state index is 12.7. The number of rotatable bonds is 12. The summed E-state index contributed by atoms with van der Waals surface area (Å²) in [7, 11) is 0.912. The van der Waals surface area contributed by atoms with Crippen LogP contribution in [0.15, 0.2) is 73.1 Å². The van der Waals surface area contributed by atoms with Crippen LogP contribution in [0.5, 0.6) is 17.2 Å². The summed E-state index contributed by atoms with van der Waals surface area (Å²) in [5.74, 6) is 3.55. The fourth-order valence-electron chi connectivity index (χ4n) is 5.82. The average Bonchev–Trinajstić information content (AvgIpc) is 3.48. The largest absolute Gasteiger partial charge is 0.493 e. The number of fused-ring (bicyclic) bond motifs is 1. The van der Waals surface area contributed by atoms with Gasteiger partial charge in [0.1, 0.15) is 35.6 Å². The summed E-state index contributed by atoms with van der Waals surface area (Å²) < 4.78 is 20.8. The Kier molecular flexibility index (Phi) is 10.4. The Morgan fingerprint density at radius 3 is 2.60 bits per heavy atom. The fraction of sp³-hybridized carbons (Fsp3) is 0.417. The molecule has 1 fully saturated rings.